The van der Waals surface area contributed by atoms with E-state index in [1.165, 1.54) is 0 Å². The average Bonchev–Trinajstić information content (AvgIpc) is 2.35. The maximum Gasteiger partial charge on any atom is 0.331 e. The SMILES string of the molecule is CCCCOC(=O)CCC(CCC)(CCC)P(=O)(O)O. The summed E-state index contributed by atoms with van der Waals surface area (Å²) in [6.45, 7) is 6.20. The van der Waals surface area contributed by atoms with E-state index in [9.17, 15) is 19.1 Å². The zero-order chi connectivity index (χ0) is 15.6. The van der Waals surface area contributed by atoms with Crippen molar-refractivity contribution < 1.29 is 23.9 Å². The third kappa shape index (κ3) is 6.38. The molecule has 0 aromatic rings. The Balaban J connectivity index is 4.65. The van der Waals surface area contributed by atoms with Crippen molar-refractivity contribution in [3.8, 4) is 0 Å². The minimum atomic E-state index is -4.24. The van der Waals surface area contributed by atoms with E-state index in [2.05, 4.69) is 0 Å². The molecule has 0 saturated carbocycles. The highest BCUT2D eigenvalue weighted by atomic mass is 31.2. The van der Waals surface area contributed by atoms with E-state index >= 15 is 0 Å². The van der Waals surface area contributed by atoms with Crippen LogP contribution in [0.2, 0.25) is 0 Å². The normalized spacial score (nSPS) is 12.4. The third-order valence-electron chi connectivity index (χ3n) is 3.60. The zero-order valence-electron chi connectivity index (χ0n) is 12.9. The summed E-state index contributed by atoms with van der Waals surface area (Å²) in [5.74, 6) is -0.358. The van der Waals surface area contributed by atoms with Crippen molar-refractivity contribution in [2.24, 2.45) is 0 Å². The van der Waals surface area contributed by atoms with Crippen LogP contribution in [0.25, 0.3) is 0 Å². The van der Waals surface area contributed by atoms with Gasteiger partial charge in [-0.15, -0.1) is 0 Å². The Bertz CT molecular complexity index is 318. The molecule has 0 bridgehead atoms. The first-order valence-electron chi connectivity index (χ1n) is 7.54. The Morgan fingerprint density at radius 2 is 1.60 bits per heavy atom. The van der Waals surface area contributed by atoms with Crippen molar-refractivity contribution in [2.75, 3.05) is 6.61 Å². The molecule has 0 aliphatic rings. The Morgan fingerprint density at radius 1 is 1.05 bits per heavy atom. The van der Waals surface area contributed by atoms with E-state index in [1.807, 2.05) is 20.8 Å². The first-order valence-corrected chi connectivity index (χ1v) is 9.15. The van der Waals surface area contributed by atoms with Crippen LogP contribution in [0.4, 0.5) is 0 Å². The molecule has 2 N–H and O–H groups in total. The molecule has 6 heteroatoms. The Morgan fingerprint density at radius 3 is 2.00 bits per heavy atom. The van der Waals surface area contributed by atoms with Gasteiger partial charge in [0.25, 0.3) is 0 Å². The minimum Gasteiger partial charge on any atom is -0.466 e. The van der Waals surface area contributed by atoms with Crippen LogP contribution in [0.5, 0.6) is 0 Å². The summed E-state index contributed by atoms with van der Waals surface area (Å²) in [5, 5.41) is -1.07. The second-order valence-electron chi connectivity index (χ2n) is 5.34. The van der Waals surface area contributed by atoms with Gasteiger partial charge in [0.15, 0.2) is 0 Å². The van der Waals surface area contributed by atoms with Crippen molar-refractivity contribution in [1.29, 1.82) is 0 Å². The van der Waals surface area contributed by atoms with Crippen LogP contribution >= 0.6 is 7.60 Å². The van der Waals surface area contributed by atoms with Crippen LogP contribution in [0.3, 0.4) is 0 Å². The summed E-state index contributed by atoms with van der Waals surface area (Å²) < 4.78 is 16.9. The molecule has 0 aliphatic carbocycles. The monoisotopic (exact) mass is 308 g/mol. The highest BCUT2D eigenvalue weighted by molar-refractivity contribution is 7.53. The fraction of sp³-hybridized carbons (Fsp3) is 0.929. The van der Waals surface area contributed by atoms with Crippen molar-refractivity contribution in [3.63, 3.8) is 0 Å². The Kier molecular flexibility index (Phi) is 9.36. The highest BCUT2D eigenvalue weighted by Crippen LogP contribution is 2.58. The maximum atomic E-state index is 11.8. The van der Waals surface area contributed by atoms with Crippen LogP contribution in [-0.4, -0.2) is 27.5 Å². The van der Waals surface area contributed by atoms with Crippen LogP contribution in [0.1, 0.15) is 72.1 Å². The number of esters is 1. The van der Waals surface area contributed by atoms with E-state index in [4.69, 9.17) is 4.74 Å². The summed E-state index contributed by atoms with van der Waals surface area (Å²) in [6.07, 6.45) is 4.30. The summed E-state index contributed by atoms with van der Waals surface area (Å²) in [7, 11) is -4.24. The van der Waals surface area contributed by atoms with Crippen molar-refractivity contribution in [3.05, 3.63) is 0 Å². The number of hydrogen-bond acceptors (Lipinski definition) is 3. The van der Waals surface area contributed by atoms with E-state index in [0.29, 0.717) is 32.3 Å². The van der Waals surface area contributed by atoms with Crippen molar-refractivity contribution >= 4 is 13.6 Å². The molecule has 5 nitrogen and oxygen atoms in total. The summed E-state index contributed by atoms with van der Waals surface area (Å²) in [6, 6.07) is 0. The van der Waals surface area contributed by atoms with Gasteiger partial charge >= 0.3 is 13.6 Å². The quantitative estimate of drug-likeness (QED) is 0.346. The van der Waals surface area contributed by atoms with E-state index in [-0.39, 0.29) is 18.8 Å². The van der Waals surface area contributed by atoms with Gasteiger partial charge < -0.3 is 14.5 Å². The van der Waals surface area contributed by atoms with Crippen LogP contribution in [0.15, 0.2) is 0 Å². The standard InChI is InChI=1S/C14H29O5P/c1-4-7-12-19-13(15)8-11-14(9-5-2,10-6-3)20(16,17)18/h4-12H2,1-3H3,(H2,16,17,18). The molecule has 0 atom stereocenters. The molecule has 0 rings (SSSR count). The van der Waals surface area contributed by atoms with Gasteiger partial charge in [0, 0.05) is 6.42 Å². The lowest BCUT2D eigenvalue weighted by Gasteiger charge is -2.33. The van der Waals surface area contributed by atoms with Gasteiger partial charge in [-0.25, -0.2) is 0 Å². The molecule has 0 spiro atoms. The van der Waals surface area contributed by atoms with Crippen LogP contribution in [0, 0.1) is 0 Å². The Labute approximate surface area is 122 Å². The summed E-state index contributed by atoms with van der Waals surface area (Å²) in [5.41, 5.74) is 0. The molecule has 0 amide bonds. The van der Waals surface area contributed by atoms with Crippen LogP contribution in [-0.2, 0) is 14.1 Å². The van der Waals surface area contributed by atoms with Crippen molar-refractivity contribution in [1.82, 2.24) is 0 Å². The number of rotatable bonds is 11. The maximum absolute atomic E-state index is 11.8. The van der Waals surface area contributed by atoms with Gasteiger partial charge in [-0.1, -0.05) is 40.0 Å². The largest absolute Gasteiger partial charge is 0.466 e. The molecule has 0 fully saturated rings. The molecule has 0 saturated heterocycles. The third-order valence-corrected chi connectivity index (χ3v) is 5.51. The first-order chi connectivity index (χ1) is 9.33. The molecule has 20 heavy (non-hydrogen) atoms. The van der Waals surface area contributed by atoms with Crippen LogP contribution < -0.4 is 0 Å². The van der Waals surface area contributed by atoms with E-state index in [0.717, 1.165) is 12.8 Å². The fourth-order valence-electron chi connectivity index (χ4n) is 2.48. The topological polar surface area (TPSA) is 83.8 Å². The van der Waals surface area contributed by atoms with Gasteiger partial charge in [0.1, 0.15) is 0 Å². The zero-order valence-corrected chi connectivity index (χ0v) is 13.8. The number of ether oxygens (including phenoxy) is 1. The average molecular weight is 308 g/mol. The molecule has 0 aliphatic heterocycles. The van der Waals surface area contributed by atoms with Crippen molar-refractivity contribution in [2.45, 2.75) is 77.3 Å². The second-order valence-corrected chi connectivity index (χ2v) is 7.38. The molecule has 0 unspecified atom stereocenters. The first kappa shape index (κ1) is 19.6. The molecule has 120 valence electrons. The molecule has 0 heterocycles. The summed E-state index contributed by atoms with van der Waals surface area (Å²) >= 11 is 0. The predicted molar refractivity (Wildman–Crippen MR) is 79.7 cm³/mol. The lowest BCUT2D eigenvalue weighted by Crippen LogP contribution is -2.30. The number of carbonyl (C=O) groups excluding carboxylic acids is 1. The minimum absolute atomic E-state index is 0.0782. The van der Waals surface area contributed by atoms with E-state index < -0.39 is 12.8 Å². The predicted octanol–water partition coefficient (Wildman–Crippen LogP) is 3.63. The van der Waals surface area contributed by atoms with Gasteiger partial charge in [-0.05, 0) is 25.7 Å². The van der Waals surface area contributed by atoms with Gasteiger partial charge in [0.05, 0.1) is 11.8 Å². The molecular weight excluding hydrogens is 279 g/mol. The summed E-state index contributed by atoms with van der Waals surface area (Å²) in [4.78, 5) is 31.0. The van der Waals surface area contributed by atoms with Gasteiger partial charge in [0.2, 0.25) is 0 Å². The molecule has 0 radical (unpaired) electrons. The highest BCUT2D eigenvalue weighted by Gasteiger charge is 2.45. The van der Waals surface area contributed by atoms with E-state index in [1.54, 1.807) is 0 Å². The number of hydrogen-bond donors (Lipinski definition) is 2. The number of unbranched alkanes of at least 4 members (excludes halogenated alkanes) is 1. The van der Waals surface area contributed by atoms with Gasteiger partial charge in [-0.3, -0.25) is 9.36 Å². The fourth-order valence-corrected chi connectivity index (χ4v) is 3.91. The number of carbonyl (C=O) groups is 1. The molecule has 0 aromatic carbocycles. The lowest BCUT2D eigenvalue weighted by atomic mass is 9.92. The van der Waals surface area contributed by atoms with Gasteiger partial charge in [-0.2, -0.15) is 0 Å². The lowest BCUT2D eigenvalue weighted by molar-refractivity contribution is -0.144. The molecular formula is C14H29O5P. The smallest absolute Gasteiger partial charge is 0.331 e. The molecule has 0 aromatic heterocycles. The Hall–Kier alpha value is -0.380. The second kappa shape index (κ2) is 9.54.